The van der Waals surface area contributed by atoms with Crippen LogP contribution < -0.4 is 23.8 Å². The van der Waals surface area contributed by atoms with E-state index in [-0.39, 0.29) is 22.9 Å². The van der Waals surface area contributed by atoms with Gasteiger partial charge < -0.3 is 19.5 Å². The summed E-state index contributed by atoms with van der Waals surface area (Å²) in [6, 6.07) is 16.0. The van der Waals surface area contributed by atoms with E-state index in [1.54, 1.807) is 63.6 Å². The van der Waals surface area contributed by atoms with E-state index in [1.165, 1.54) is 22.5 Å². The van der Waals surface area contributed by atoms with Crippen LogP contribution in [0.2, 0.25) is 5.02 Å². The van der Waals surface area contributed by atoms with Crippen molar-refractivity contribution >= 4 is 33.2 Å². The van der Waals surface area contributed by atoms with Crippen molar-refractivity contribution in [1.29, 1.82) is 0 Å². The molecule has 2 atom stereocenters. The third-order valence-corrected chi connectivity index (χ3v) is 7.98. The van der Waals surface area contributed by atoms with Gasteiger partial charge in [0.1, 0.15) is 17.2 Å². The number of anilines is 1. The van der Waals surface area contributed by atoms with Crippen LogP contribution in [0.5, 0.6) is 17.2 Å². The lowest BCUT2D eigenvalue weighted by molar-refractivity contribution is -0.128. The summed E-state index contributed by atoms with van der Waals surface area (Å²) in [7, 11) is -0.903. The van der Waals surface area contributed by atoms with E-state index in [4.69, 9.17) is 25.8 Å². The van der Waals surface area contributed by atoms with Gasteiger partial charge in [-0.3, -0.25) is 9.10 Å². The summed E-state index contributed by atoms with van der Waals surface area (Å²) in [5.41, 5.74) is 1.91. The Labute approximate surface area is 215 Å². The molecule has 0 unspecified atom stereocenters. The predicted molar refractivity (Wildman–Crippen MR) is 138 cm³/mol. The largest absolute Gasteiger partial charge is 0.497 e. The molecule has 0 radical (unpaired) electrons. The number of halogens is 1. The van der Waals surface area contributed by atoms with Crippen LogP contribution in [-0.4, -0.2) is 41.2 Å². The molecule has 0 aromatic heterocycles. The second-order valence-corrected chi connectivity index (χ2v) is 10.7. The zero-order valence-electron chi connectivity index (χ0n) is 20.3. The summed E-state index contributed by atoms with van der Waals surface area (Å²) in [5, 5.41) is 3.26. The van der Waals surface area contributed by atoms with Gasteiger partial charge >= 0.3 is 0 Å². The summed E-state index contributed by atoms with van der Waals surface area (Å²) >= 11 is 6.17. The number of amides is 1. The SMILES string of the molecule is COc1ccc(OC)c([C@H](C)NC(=O)[C@H]2CN(S(=O)(=O)c3ccc(C)cc3)c3cc(Cl)ccc3O2)c1. The summed E-state index contributed by atoms with van der Waals surface area (Å²) in [5.74, 6) is 0.962. The number of benzene rings is 3. The van der Waals surface area contributed by atoms with Crippen molar-refractivity contribution in [1.82, 2.24) is 5.32 Å². The van der Waals surface area contributed by atoms with Crippen LogP contribution in [0.15, 0.2) is 65.6 Å². The second kappa shape index (κ2) is 10.3. The van der Waals surface area contributed by atoms with Gasteiger partial charge in [-0.1, -0.05) is 29.3 Å². The first-order chi connectivity index (χ1) is 17.1. The zero-order valence-corrected chi connectivity index (χ0v) is 21.9. The Bertz CT molecular complexity index is 1380. The quantitative estimate of drug-likeness (QED) is 0.483. The average molecular weight is 531 g/mol. The molecule has 0 saturated heterocycles. The van der Waals surface area contributed by atoms with Crippen LogP contribution in [0.25, 0.3) is 0 Å². The van der Waals surface area contributed by atoms with Crippen LogP contribution in [0, 0.1) is 6.92 Å². The molecule has 1 aliphatic heterocycles. The van der Waals surface area contributed by atoms with Gasteiger partial charge in [-0.05, 0) is 62.4 Å². The Kier molecular flexibility index (Phi) is 7.33. The predicted octanol–water partition coefficient (Wildman–Crippen LogP) is 4.50. The molecule has 8 nitrogen and oxygen atoms in total. The van der Waals surface area contributed by atoms with Gasteiger partial charge in [0.15, 0.2) is 6.10 Å². The van der Waals surface area contributed by atoms with Crippen LogP contribution >= 0.6 is 11.6 Å². The smallest absolute Gasteiger partial charge is 0.264 e. The molecule has 0 fully saturated rings. The summed E-state index contributed by atoms with van der Waals surface area (Å²) in [6.45, 7) is 3.45. The highest BCUT2D eigenvalue weighted by molar-refractivity contribution is 7.92. The molecule has 0 bridgehead atoms. The van der Waals surface area contributed by atoms with Gasteiger partial charge in [0, 0.05) is 10.6 Å². The fraction of sp³-hybridized carbons (Fsp3) is 0.269. The minimum Gasteiger partial charge on any atom is -0.497 e. The molecule has 0 spiro atoms. The van der Waals surface area contributed by atoms with E-state index in [1.807, 2.05) is 6.92 Å². The van der Waals surface area contributed by atoms with Crippen LogP contribution in [0.3, 0.4) is 0 Å². The number of ether oxygens (including phenoxy) is 3. The lowest BCUT2D eigenvalue weighted by Crippen LogP contribution is -2.51. The van der Waals surface area contributed by atoms with Gasteiger partial charge in [-0.15, -0.1) is 0 Å². The van der Waals surface area contributed by atoms with Gasteiger partial charge in [0.25, 0.3) is 15.9 Å². The normalized spacial score (nSPS) is 15.9. The molecule has 190 valence electrons. The van der Waals surface area contributed by atoms with E-state index in [9.17, 15) is 13.2 Å². The van der Waals surface area contributed by atoms with Gasteiger partial charge in [0.05, 0.1) is 37.4 Å². The molecule has 1 aliphatic rings. The number of hydrogen-bond acceptors (Lipinski definition) is 6. The van der Waals surface area contributed by atoms with Crippen LogP contribution in [-0.2, 0) is 14.8 Å². The van der Waals surface area contributed by atoms with E-state index in [0.717, 1.165) is 5.56 Å². The molecular weight excluding hydrogens is 504 g/mol. The van der Waals surface area contributed by atoms with Crippen molar-refractivity contribution in [2.75, 3.05) is 25.1 Å². The Morgan fingerprint density at radius 1 is 1.08 bits per heavy atom. The fourth-order valence-electron chi connectivity index (χ4n) is 3.99. The molecular formula is C26H27ClN2O6S. The second-order valence-electron chi connectivity index (χ2n) is 8.41. The lowest BCUT2D eigenvalue weighted by Gasteiger charge is -2.35. The summed E-state index contributed by atoms with van der Waals surface area (Å²) in [6.07, 6.45) is -1.10. The first-order valence-corrected chi connectivity index (χ1v) is 13.0. The number of nitrogens with one attached hydrogen (secondary N) is 1. The molecule has 4 rings (SSSR count). The maximum Gasteiger partial charge on any atom is 0.264 e. The minimum absolute atomic E-state index is 0.106. The number of nitrogens with zero attached hydrogens (tertiary/aromatic N) is 1. The fourth-order valence-corrected chi connectivity index (χ4v) is 5.62. The summed E-state index contributed by atoms with van der Waals surface area (Å²) < 4.78 is 45.0. The number of carbonyl (C=O) groups excluding carboxylic acids is 1. The maximum atomic E-state index is 13.6. The Balaban J connectivity index is 1.64. The number of fused-ring (bicyclic) bond motifs is 1. The topological polar surface area (TPSA) is 94.2 Å². The Morgan fingerprint density at radius 2 is 1.81 bits per heavy atom. The van der Waals surface area contributed by atoms with Gasteiger partial charge in [0.2, 0.25) is 0 Å². The van der Waals surface area contributed by atoms with Crippen molar-refractivity contribution in [2.45, 2.75) is 30.9 Å². The van der Waals surface area contributed by atoms with E-state index in [2.05, 4.69) is 5.32 Å². The third kappa shape index (κ3) is 5.08. The molecule has 10 heteroatoms. The van der Waals surface area contributed by atoms with Crippen molar-refractivity contribution in [2.24, 2.45) is 0 Å². The van der Waals surface area contributed by atoms with Crippen molar-refractivity contribution < 1.29 is 27.4 Å². The monoisotopic (exact) mass is 530 g/mol. The molecule has 36 heavy (non-hydrogen) atoms. The molecule has 0 aliphatic carbocycles. The first kappa shape index (κ1) is 25.7. The van der Waals surface area contributed by atoms with Crippen LogP contribution in [0.4, 0.5) is 5.69 Å². The number of carbonyl (C=O) groups is 1. The highest BCUT2D eigenvalue weighted by Crippen LogP contribution is 2.39. The highest BCUT2D eigenvalue weighted by Gasteiger charge is 2.38. The molecule has 1 amide bonds. The number of hydrogen-bond donors (Lipinski definition) is 1. The van der Waals surface area contributed by atoms with Crippen molar-refractivity contribution in [3.05, 3.63) is 76.8 Å². The number of rotatable bonds is 7. The number of aryl methyl sites for hydroxylation is 1. The Morgan fingerprint density at radius 3 is 2.47 bits per heavy atom. The summed E-state index contributed by atoms with van der Waals surface area (Å²) in [4.78, 5) is 13.4. The van der Waals surface area contributed by atoms with Crippen LogP contribution in [0.1, 0.15) is 24.1 Å². The van der Waals surface area contributed by atoms with E-state index in [0.29, 0.717) is 22.1 Å². The highest BCUT2D eigenvalue weighted by atomic mass is 35.5. The van der Waals surface area contributed by atoms with Crippen molar-refractivity contribution in [3.63, 3.8) is 0 Å². The molecule has 0 saturated carbocycles. The zero-order chi connectivity index (χ0) is 26.0. The standard InChI is InChI=1S/C26H27ClN2O6S/c1-16-5-9-20(10-6-16)36(31,32)29-15-25(35-24-11-7-18(27)13-22(24)29)26(30)28-17(2)21-14-19(33-3)8-12-23(21)34-4/h5-14,17,25H,15H2,1-4H3,(H,28,30)/t17-,25+/m0/s1. The lowest BCUT2D eigenvalue weighted by atomic mass is 10.1. The van der Waals surface area contributed by atoms with E-state index < -0.39 is 28.1 Å². The molecule has 3 aromatic rings. The molecule has 1 N–H and O–H groups in total. The molecule has 1 heterocycles. The van der Waals surface area contributed by atoms with E-state index >= 15 is 0 Å². The minimum atomic E-state index is -4.00. The first-order valence-electron chi connectivity index (χ1n) is 11.2. The third-order valence-electron chi connectivity index (χ3n) is 5.95. The maximum absolute atomic E-state index is 13.6. The number of sulfonamides is 1. The molecule has 3 aromatic carbocycles. The van der Waals surface area contributed by atoms with Gasteiger partial charge in [-0.2, -0.15) is 0 Å². The Hall–Kier alpha value is -3.43. The number of methoxy groups -OCH3 is 2. The van der Waals surface area contributed by atoms with Crippen molar-refractivity contribution in [3.8, 4) is 17.2 Å². The average Bonchev–Trinajstić information content (AvgIpc) is 2.87. The van der Waals surface area contributed by atoms with Gasteiger partial charge in [-0.25, -0.2) is 8.42 Å².